The van der Waals surface area contributed by atoms with Crippen molar-refractivity contribution < 1.29 is 19.8 Å². The van der Waals surface area contributed by atoms with Crippen molar-refractivity contribution in [1.82, 2.24) is 0 Å². The van der Waals surface area contributed by atoms with Crippen LogP contribution >= 0.6 is 0 Å². The first-order valence-electron chi connectivity index (χ1n) is 12.3. The van der Waals surface area contributed by atoms with Gasteiger partial charge in [0, 0.05) is 37.5 Å². The molecule has 4 aliphatic carbocycles. The Hall–Kier alpha value is -2.24. The fourth-order valence-electron chi connectivity index (χ4n) is 7.56. The number of anilines is 1. The van der Waals surface area contributed by atoms with Gasteiger partial charge < -0.3 is 15.1 Å². The number of carbonyl (C=O) groups excluding carboxylic acids is 2. The molecule has 0 heterocycles. The number of nitrogens with zero attached hydrogens (tertiary/aromatic N) is 1. The molecule has 5 atom stereocenters. The number of hydrogen-bond acceptors (Lipinski definition) is 5. The van der Waals surface area contributed by atoms with Gasteiger partial charge in [-0.25, -0.2) is 0 Å². The summed E-state index contributed by atoms with van der Waals surface area (Å²) >= 11 is 0. The molecule has 0 saturated heterocycles. The molecule has 5 rings (SSSR count). The smallest absolute Gasteiger partial charge is 0.190 e. The molecule has 0 amide bonds. The maximum Gasteiger partial charge on any atom is 0.190 e. The number of aliphatic hydroxyl groups excluding tert-OH is 1. The first kappa shape index (κ1) is 22.5. The second kappa shape index (κ2) is 7.92. The topological polar surface area (TPSA) is 77.8 Å². The zero-order valence-corrected chi connectivity index (χ0v) is 19.9. The van der Waals surface area contributed by atoms with Gasteiger partial charge in [0.25, 0.3) is 0 Å². The molecule has 4 aliphatic rings. The molecule has 0 bridgehead atoms. The van der Waals surface area contributed by atoms with Crippen LogP contribution in [0.25, 0.3) is 0 Å². The Kier molecular flexibility index (Phi) is 5.41. The monoisotopic (exact) mass is 449 g/mol. The lowest BCUT2D eigenvalue weighted by molar-refractivity contribution is -0.158. The Labute approximate surface area is 196 Å². The molecule has 0 aromatic heterocycles. The van der Waals surface area contributed by atoms with E-state index in [4.69, 9.17) is 0 Å². The summed E-state index contributed by atoms with van der Waals surface area (Å²) in [7, 11) is 4.05. The van der Waals surface area contributed by atoms with Crippen LogP contribution in [0.3, 0.4) is 0 Å². The van der Waals surface area contributed by atoms with Crippen LogP contribution in [0, 0.1) is 17.3 Å². The van der Waals surface area contributed by atoms with E-state index in [9.17, 15) is 19.8 Å². The summed E-state index contributed by atoms with van der Waals surface area (Å²) in [5, 5.41) is 21.3. The standard InChI is InChI=1S/C28H35NO4/c1-27-15-23(17-4-7-19(8-5-17)29(2)3)26-21-11-9-20(31)14-18(21)6-10-22(26)24(27)12-13-28(27,33)25(32)16-30/h4-5,7-8,14,22-24,30,33H,6,9-13,15-16H2,1-3H3/t22-,23+,24-,27-,28-/m0/s1. The van der Waals surface area contributed by atoms with Gasteiger partial charge in [0.05, 0.1) is 0 Å². The Balaban J connectivity index is 1.66. The van der Waals surface area contributed by atoms with Crippen molar-refractivity contribution in [2.45, 2.75) is 63.4 Å². The van der Waals surface area contributed by atoms with Gasteiger partial charge in [-0.3, -0.25) is 9.59 Å². The van der Waals surface area contributed by atoms with Gasteiger partial charge in [-0.15, -0.1) is 0 Å². The number of Topliss-reactive ketones (excluding diaryl/α,β-unsaturated/α-hetero) is 1. The second-order valence-electron chi connectivity index (χ2n) is 11.0. The van der Waals surface area contributed by atoms with Crippen molar-refractivity contribution in [1.29, 1.82) is 0 Å². The minimum absolute atomic E-state index is 0.0930. The maximum atomic E-state index is 12.8. The molecule has 0 aliphatic heterocycles. The fourth-order valence-corrected chi connectivity index (χ4v) is 7.56. The number of aliphatic hydroxyl groups is 2. The highest BCUT2D eigenvalue weighted by Gasteiger charge is 2.65. The van der Waals surface area contributed by atoms with Crippen LogP contribution in [0.5, 0.6) is 0 Å². The molecule has 2 saturated carbocycles. The molecule has 5 nitrogen and oxygen atoms in total. The lowest BCUT2D eigenvalue weighted by Crippen LogP contribution is -2.56. The molecule has 1 aromatic carbocycles. The summed E-state index contributed by atoms with van der Waals surface area (Å²) in [4.78, 5) is 27.1. The molecule has 2 N–H and O–H groups in total. The molecule has 176 valence electrons. The van der Waals surface area contributed by atoms with Crippen LogP contribution in [0.1, 0.15) is 63.4 Å². The summed E-state index contributed by atoms with van der Waals surface area (Å²) in [6, 6.07) is 8.63. The third-order valence-electron chi connectivity index (χ3n) is 9.30. The lowest BCUT2D eigenvalue weighted by atomic mass is 9.50. The molecular weight excluding hydrogens is 414 g/mol. The van der Waals surface area contributed by atoms with Gasteiger partial charge in [-0.1, -0.05) is 24.6 Å². The van der Waals surface area contributed by atoms with E-state index in [1.807, 2.05) is 20.2 Å². The normalized spacial score (nSPS) is 35.5. The van der Waals surface area contributed by atoms with E-state index < -0.39 is 23.4 Å². The fraction of sp³-hybridized carbons (Fsp3) is 0.571. The summed E-state index contributed by atoms with van der Waals surface area (Å²) in [5.74, 6) is 0.379. The highest BCUT2D eigenvalue weighted by molar-refractivity contribution is 5.93. The van der Waals surface area contributed by atoms with Crippen molar-refractivity contribution in [2.75, 3.05) is 25.6 Å². The summed E-state index contributed by atoms with van der Waals surface area (Å²) in [6.45, 7) is 1.46. The number of rotatable bonds is 4. The zero-order valence-electron chi connectivity index (χ0n) is 19.9. The zero-order chi connectivity index (χ0) is 23.5. The first-order chi connectivity index (χ1) is 15.7. The summed E-state index contributed by atoms with van der Waals surface area (Å²) in [6.07, 6.45) is 6.96. The Morgan fingerprint density at radius 1 is 1.12 bits per heavy atom. The Bertz CT molecular complexity index is 1050. The van der Waals surface area contributed by atoms with Crippen LogP contribution in [-0.2, 0) is 9.59 Å². The van der Waals surface area contributed by atoms with Gasteiger partial charge in [-0.2, -0.15) is 0 Å². The van der Waals surface area contributed by atoms with Gasteiger partial charge in [-0.05, 0) is 85.3 Å². The summed E-state index contributed by atoms with van der Waals surface area (Å²) < 4.78 is 0. The van der Waals surface area contributed by atoms with E-state index in [0.29, 0.717) is 25.2 Å². The van der Waals surface area contributed by atoms with Crippen molar-refractivity contribution >= 4 is 17.3 Å². The SMILES string of the molecule is CN(C)c1ccc([C@H]2C[C@@]3(C)[C@@H](CC[C@]3(O)C(=O)CO)[C@@H]3CCC4=CC(=O)CCC4=C32)cc1. The third kappa shape index (κ3) is 3.27. The van der Waals surface area contributed by atoms with E-state index >= 15 is 0 Å². The molecule has 0 spiro atoms. The van der Waals surface area contributed by atoms with E-state index in [1.54, 1.807) is 0 Å². The van der Waals surface area contributed by atoms with Crippen LogP contribution in [0.2, 0.25) is 0 Å². The minimum Gasteiger partial charge on any atom is -0.388 e. The second-order valence-corrected chi connectivity index (χ2v) is 11.0. The van der Waals surface area contributed by atoms with Gasteiger partial charge in [0.2, 0.25) is 0 Å². The minimum atomic E-state index is -1.48. The predicted molar refractivity (Wildman–Crippen MR) is 128 cm³/mol. The highest BCUT2D eigenvalue weighted by Crippen LogP contribution is 2.66. The number of fused-ring (bicyclic) bond motifs is 4. The van der Waals surface area contributed by atoms with Crippen molar-refractivity contribution in [3.63, 3.8) is 0 Å². The number of carbonyl (C=O) groups is 2. The predicted octanol–water partition coefficient (Wildman–Crippen LogP) is 3.94. The first-order valence-corrected chi connectivity index (χ1v) is 12.3. The molecule has 1 aromatic rings. The molecule has 5 heteroatoms. The quantitative estimate of drug-likeness (QED) is 0.728. The van der Waals surface area contributed by atoms with E-state index in [2.05, 4.69) is 36.1 Å². The van der Waals surface area contributed by atoms with Crippen LogP contribution in [-0.4, -0.2) is 48.1 Å². The Morgan fingerprint density at radius 3 is 2.52 bits per heavy atom. The number of ketones is 2. The van der Waals surface area contributed by atoms with E-state index in [-0.39, 0.29) is 17.6 Å². The highest BCUT2D eigenvalue weighted by atomic mass is 16.3. The number of hydrogen-bond donors (Lipinski definition) is 2. The molecule has 33 heavy (non-hydrogen) atoms. The molecule has 2 fully saturated rings. The maximum absolute atomic E-state index is 12.8. The van der Waals surface area contributed by atoms with E-state index in [1.165, 1.54) is 22.3 Å². The van der Waals surface area contributed by atoms with E-state index in [0.717, 1.165) is 31.4 Å². The lowest BCUT2D eigenvalue weighted by Gasteiger charge is -2.54. The molecular formula is C28H35NO4. The average Bonchev–Trinajstić information content (AvgIpc) is 3.09. The van der Waals surface area contributed by atoms with Crippen LogP contribution in [0.4, 0.5) is 5.69 Å². The van der Waals surface area contributed by atoms with Gasteiger partial charge in [0.1, 0.15) is 12.2 Å². The van der Waals surface area contributed by atoms with Crippen molar-refractivity contribution in [3.05, 3.63) is 52.6 Å². The van der Waals surface area contributed by atoms with Crippen molar-refractivity contribution in [2.24, 2.45) is 17.3 Å². The molecule has 0 radical (unpaired) electrons. The number of allylic oxidation sites excluding steroid dienone is 4. The largest absolute Gasteiger partial charge is 0.388 e. The van der Waals surface area contributed by atoms with Crippen LogP contribution < -0.4 is 4.90 Å². The van der Waals surface area contributed by atoms with Crippen LogP contribution in [0.15, 0.2) is 47.1 Å². The Morgan fingerprint density at radius 2 is 1.85 bits per heavy atom. The summed E-state index contributed by atoms with van der Waals surface area (Å²) in [5.41, 5.74) is 4.28. The number of benzene rings is 1. The molecule has 0 unspecified atom stereocenters. The third-order valence-corrected chi connectivity index (χ3v) is 9.30. The average molecular weight is 450 g/mol. The van der Waals surface area contributed by atoms with Gasteiger partial charge in [0.15, 0.2) is 11.6 Å². The van der Waals surface area contributed by atoms with Gasteiger partial charge >= 0.3 is 0 Å². The van der Waals surface area contributed by atoms with Crippen molar-refractivity contribution in [3.8, 4) is 0 Å².